The van der Waals surface area contributed by atoms with Gasteiger partial charge in [-0.2, -0.15) is 0 Å². The van der Waals surface area contributed by atoms with Gasteiger partial charge in [0.1, 0.15) is 37.9 Å². The Balaban J connectivity index is 0.896. The van der Waals surface area contributed by atoms with Crippen LogP contribution in [0.2, 0.25) is 0 Å². The molecule has 44 heavy (non-hydrogen) atoms. The molecule has 4 aromatic rings. The number of rotatable bonds is 13. The highest BCUT2D eigenvalue weighted by atomic mass is 15.2. The highest BCUT2D eigenvalue weighted by Gasteiger charge is 2.28. The number of hydrogen-bond donors (Lipinski definition) is 2. The molecule has 2 aliphatic rings. The van der Waals surface area contributed by atoms with Crippen molar-refractivity contribution in [2.45, 2.75) is 103 Å². The minimum Gasteiger partial charge on any atom is -0.399 e. The van der Waals surface area contributed by atoms with Gasteiger partial charge in [0.05, 0.1) is 25.2 Å². The summed E-state index contributed by atoms with van der Waals surface area (Å²) in [6, 6.07) is 14.0. The Morgan fingerprint density at radius 2 is 1.30 bits per heavy atom. The van der Waals surface area contributed by atoms with Gasteiger partial charge in [-0.1, -0.05) is 0 Å². The van der Waals surface area contributed by atoms with Crippen LogP contribution in [0.15, 0.2) is 73.8 Å². The molecule has 2 aromatic carbocycles. The molecule has 4 heterocycles. The summed E-state index contributed by atoms with van der Waals surface area (Å²) in [6.07, 6.45) is 23.5. The minimum atomic E-state index is 0.538. The minimum absolute atomic E-state index is 0.538. The summed E-state index contributed by atoms with van der Waals surface area (Å²) in [6.45, 7) is 10.7. The summed E-state index contributed by atoms with van der Waals surface area (Å²) in [7, 11) is 0. The lowest BCUT2D eigenvalue weighted by atomic mass is 10.1. The lowest BCUT2D eigenvalue weighted by molar-refractivity contribution is -0.698. The maximum Gasteiger partial charge on any atom is 0.243 e. The molecule has 2 unspecified atom stereocenters. The molecule has 0 radical (unpaired) electrons. The maximum absolute atomic E-state index is 6.06. The van der Waals surface area contributed by atoms with E-state index in [-0.39, 0.29) is 0 Å². The maximum atomic E-state index is 6.06. The Morgan fingerprint density at radius 3 is 2.00 bits per heavy atom. The predicted molar refractivity (Wildman–Crippen MR) is 180 cm³/mol. The van der Waals surface area contributed by atoms with Crippen LogP contribution in [0.3, 0.4) is 0 Å². The van der Waals surface area contributed by atoms with Crippen LogP contribution in [0, 0.1) is 13.8 Å². The number of anilines is 4. The molecule has 2 fully saturated rings. The third kappa shape index (κ3) is 7.22. The number of aryl methyl sites for hydroxylation is 4. The highest BCUT2D eigenvalue weighted by molar-refractivity contribution is 5.59. The van der Waals surface area contributed by atoms with Gasteiger partial charge < -0.3 is 21.3 Å². The first kappa shape index (κ1) is 30.1. The van der Waals surface area contributed by atoms with Crippen LogP contribution in [0.5, 0.6) is 0 Å². The molecule has 2 atom stereocenters. The Bertz CT molecular complexity index is 1410. The van der Waals surface area contributed by atoms with Crippen LogP contribution < -0.4 is 30.4 Å². The molecule has 6 rings (SSSR count). The molecule has 8 heteroatoms. The van der Waals surface area contributed by atoms with Gasteiger partial charge in [-0.3, -0.25) is 0 Å². The molecule has 2 saturated heterocycles. The molecular formula is C36H52N8+2. The molecule has 0 spiro atoms. The van der Waals surface area contributed by atoms with Crippen LogP contribution in [-0.2, 0) is 26.2 Å². The zero-order valence-corrected chi connectivity index (χ0v) is 26.8. The summed E-state index contributed by atoms with van der Waals surface area (Å²) in [5.74, 6) is 0. The number of nitrogens with two attached hydrogens (primary N) is 2. The standard InChI is InChI=1S/C36H52N8/c1-29-23-31(11-13-35(29)37)43-17-7-9-33(43)25-41-21-19-39(27-41)15-5-3-4-6-16-40-20-22-42(28-40)26-34-10-8-18-44(34)32-12-14-36(38)30(2)24-32/h11-14,19-24,27-28,33-34H,3-10,15-18,25-26,37-38H2,1-2H3/q+2. The quantitative estimate of drug-likeness (QED) is 0.126. The summed E-state index contributed by atoms with van der Waals surface area (Å²) < 4.78 is 9.46. The second kappa shape index (κ2) is 13.8. The number of aromatic nitrogens is 4. The molecule has 0 aliphatic carbocycles. The highest BCUT2D eigenvalue weighted by Crippen LogP contribution is 2.30. The first-order valence-corrected chi connectivity index (χ1v) is 16.8. The van der Waals surface area contributed by atoms with Crippen LogP contribution in [-0.4, -0.2) is 34.3 Å². The summed E-state index contributed by atoms with van der Waals surface area (Å²) >= 11 is 0. The molecule has 0 amide bonds. The van der Waals surface area contributed by atoms with E-state index in [2.05, 4.69) is 104 Å². The third-order valence-electron chi connectivity index (χ3n) is 9.84. The van der Waals surface area contributed by atoms with Gasteiger partial charge in [0.2, 0.25) is 12.7 Å². The Hall–Kier alpha value is -3.94. The summed E-state index contributed by atoms with van der Waals surface area (Å²) in [4.78, 5) is 5.13. The largest absolute Gasteiger partial charge is 0.399 e. The SMILES string of the molecule is Cc1cc(N2CCCC2Cn2cc[n+](CCCCCCn3cc[n+](CC4CCCN4c4ccc(N)c(C)c4)c3)c2)ccc1N. The lowest BCUT2D eigenvalue weighted by Crippen LogP contribution is -2.44. The topological polar surface area (TPSA) is 76.1 Å². The Kier molecular flexibility index (Phi) is 9.43. The van der Waals surface area contributed by atoms with E-state index in [1.165, 1.54) is 73.9 Å². The molecule has 2 aromatic heterocycles. The van der Waals surface area contributed by atoms with E-state index in [4.69, 9.17) is 11.5 Å². The smallest absolute Gasteiger partial charge is 0.243 e. The number of imidazole rings is 2. The van der Waals surface area contributed by atoms with E-state index in [1.807, 2.05) is 12.1 Å². The fourth-order valence-electron chi connectivity index (χ4n) is 7.19. The number of benzene rings is 2. The van der Waals surface area contributed by atoms with E-state index in [1.54, 1.807) is 0 Å². The van der Waals surface area contributed by atoms with Gasteiger partial charge in [0.25, 0.3) is 0 Å². The number of nitrogen functional groups attached to an aromatic ring is 2. The van der Waals surface area contributed by atoms with E-state index in [0.29, 0.717) is 12.1 Å². The van der Waals surface area contributed by atoms with Crippen molar-refractivity contribution >= 4 is 22.7 Å². The summed E-state index contributed by atoms with van der Waals surface area (Å²) in [5.41, 5.74) is 18.8. The van der Waals surface area contributed by atoms with Crippen molar-refractivity contribution in [3.63, 3.8) is 0 Å². The van der Waals surface area contributed by atoms with Crippen LogP contribution >= 0.6 is 0 Å². The van der Waals surface area contributed by atoms with Crippen molar-refractivity contribution in [2.75, 3.05) is 34.4 Å². The number of nitrogens with zero attached hydrogens (tertiary/aromatic N) is 6. The molecule has 234 valence electrons. The van der Waals surface area contributed by atoms with E-state index < -0.39 is 0 Å². The van der Waals surface area contributed by atoms with E-state index in [9.17, 15) is 0 Å². The van der Waals surface area contributed by atoms with E-state index in [0.717, 1.165) is 50.6 Å². The predicted octanol–water partition coefficient (Wildman–Crippen LogP) is 5.24. The molecular weight excluding hydrogens is 544 g/mol. The fourth-order valence-corrected chi connectivity index (χ4v) is 7.19. The summed E-state index contributed by atoms with van der Waals surface area (Å²) in [5, 5.41) is 0. The first-order chi connectivity index (χ1) is 21.4. The van der Waals surface area contributed by atoms with Crippen molar-refractivity contribution in [1.82, 2.24) is 9.13 Å². The van der Waals surface area contributed by atoms with Crippen molar-refractivity contribution in [3.05, 3.63) is 85.0 Å². The van der Waals surface area contributed by atoms with Crippen molar-refractivity contribution < 1.29 is 9.13 Å². The third-order valence-corrected chi connectivity index (χ3v) is 9.84. The first-order valence-electron chi connectivity index (χ1n) is 16.8. The van der Waals surface area contributed by atoms with Crippen LogP contribution in [0.1, 0.15) is 62.5 Å². The Morgan fingerprint density at radius 1 is 0.705 bits per heavy atom. The monoisotopic (exact) mass is 596 g/mol. The molecule has 2 aliphatic heterocycles. The lowest BCUT2D eigenvalue weighted by Gasteiger charge is -2.26. The zero-order chi connectivity index (χ0) is 30.5. The van der Waals surface area contributed by atoms with Gasteiger partial charge >= 0.3 is 0 Å². The van der Waals surface area contributed by atoms with E-state index >= 15 is 0 Å². The molecule has 0 bridgehead atoms. The average molecular weight is 597 g/mol. The molecule has 0 saturated carbocycles. The number of unbranched alkanes of at least 4 members (excludes halogenated alkanes) is 3. The van der Waals surface area contributed by atoms with Crippen molar-refractivity contribution in [3.8, 4) is 0 Å². The zero-order valence-electron chi connectivity index (χ0n) is 26.8. The molecule has 4 N–H and O–H groups in total. The fraction of sp³-hybridized carbons (Fsp3) is 0.500. The van der Waals surface area contributed by atoms with Gasteiger partial charge in [0.15, 0.2) is 0 Å². The molecule has 8 nitrogen and oxygen atoms in total. The second-order valence-electron chi connectivity index (χ2n) is 13.2. The Labute approximate surface area is 263 Å². The van der Waals surface area contributed by atoms with Crippen molar-refractivity contribution in [1.29, 1.82) is 0 Å². The van der Waals surface area contributed by atoms with Crippen LogP contribution in [0.4, 0.5) is 22.7 Å². The van der Waals surface area contributed by atoms with Gasteiger partial charge in [-0.15, -0.1) is 0 Å². The normalized spacial score (nSPS) is 18.5. The number of hydrogen-bond acceptors (Lipinski definition) is 4. The van der Waals surface area contributed by atoms with Gasteiger partial charge in [0, 0.05) is 35.8 Å². The van der Waals surface area contributed by atoms with Crippen LogP contribution in [0.25, 0.3) is 0 Å². The average Bonchev–Trinajstić information content (AvgIpc) is 3.83. The van der Waals surface area contributed by atoms with Gasteiger partial charge in [-0.05, 0) is 113 Å². The van der Waals surface area contributed by atoms with Gasteiger partial charge in [-0.25, -0.2) is 18.3 Å². The second-order valence-corrected chi connectivity index (χ2v) is 13.2. The van der Waals surface area contributed by atoms with Crippen molar-refractivity contribution in [2.24, 2.45) is 0 Å².